The monoisotopic (exact) mass is 374 g/mol. The van der Waals surface area contributed by atoms with Gasteiger partial charge in [-0.05, 0) is 25.1 Å². The SMILES string of the molecule is COc1ncccc1CNC(=O)CCC(=O)CCC(=O)c1ccc(C)s1. The molecule has 0 atom stereocenters. The van der Waals surface area contributed by atoms with E-state index in [1.807, 2.05) is 19.1 Å². The summed E-state index contributed by atoms with van der Waals surface area (Å²) < 4.78 is 5.12. The maximum atomic E-state index is 12.0. The zero-order valence-corrected chi connectivity index (χ0v) is 15.7. The van der Waals surface area contributed by atoms with E-state index in [1.54, 1.807) is 18.3 Å². The average molecular weight is 374 g/mol. The first-order valence-corrected chi connectivity index (χ1v) is 9.17. The predicted octanol–water partition coefficient (Wildman–Crippen LogP) is 3.09. The highest BCUT2D eigenvalue weighted by Gasteiger charge is 2.13. The molecule has 0 aromatic carbocycles. The summed E-state index contributed by atoms with van der Waals surface area (Å²) in [6.07, 6.45) is 2.20. The first kappa shape index (κ1) is 19.8. The number of amides is 1. The number of carbonyl (C=O) groups excluding carboxylic acids is 3. The Morgan fingerprint density at radius 2 is 1.88 bits per heavy atom. The highest BCUT2D eigenvalue weighted by atomic mass is 32.1. The van der Waals surface area contributed by atoms with Gasteiger partial charge in [0.05, 0.1) is 12.0 Å². The number of hydrogen-bond donors (Lipinski definition) is 1. The third-order valence-electron chi connectivity index (χ3n) is 3.80. The number of nitrogens with one attached hydrogen (secondary N) is 1. The standard InChI is InChI=1S/C19H22N2O4S/c1-13-5-9-17(26-13)16(23)8-6-15(22)7-10-18(24)21-12-14-4-3-11-20-19(14)25-2/h3-5,9,11H,6-8,10,12H2,1-2H3,(H,21,24). The van der Waals surface area contributed by atoms with Crippen molar-refractivity contribution in [2.75, 3.05) is 7.11 Å². The number of ether oxygens (including phenoxy) is 1. The van der Waals surface area contributed by atoms with Gasteiger partial charge in [-0.1, -0.05) is 6.07 Å². The van der Waals surface area contributed by atoms with Gasteiger partial charge in [0.2, 0.25) is 11.8 Å². The number of thiophene rings is 1. The van der Waals surface area contributed by atoms with Crippen LogP contribution in [0, 0.1) is 6.92 Å². The number of methoxy groups -OCH3 is 1. The number of hydrogen-bond acceptors (Lipinski definition) is 6. The van der Waals surface area contributed by atoms with Crippen LogP contribution >= 0.6 is 11.3 Å². The lowest BCUT2D eigenvalue weighted by atomic mass is 10.1. The topological polar surface area (TPSA) is 85.4 Å². The molecular weight excluding hydrogens is 352 g/mol. The number of aromatic nitrogens is 1. The highest BCUT2D eigenvalue weighted by molar-refractivity contribution is 7.14. The Hall–Kier alpha value is -2.54. The summed E-state index contributed by atoms with van der Waals surface area (Å²) >= 11 is 1.43. The molecule has 1 amide bonds. The molecule has 2 aromatic rings. The van der Waals surface area contributed by atoms with Crippen LogP contribution in [0.4, 0.5) is 0 Å². The molecule has 26 heavy (non-hydrogen) atoms. The van der Waals surface area contributed by atoms with E-state index in [2.05, 4.69) is 10.3 Å². The molecule has 0 unspecified atom stereocenters. The number of carbonyl (C=O) groups is 3. The number of ketones is 2. The fraction of sp³-hybridized carbons (Fsp3) is 0.368. The van der Waals surface area contributed by atoms with Gasteiger partial charge < -0.3 is 10.1 Å². The molecule has 1 N–H and O–H groups in total. The molecule has 2 heterocycles. The van der Waals surface area contributed by atoms with Gasteiger partial charge in [-0.15, -0.1) is 11.3 Å². The molecule has 0 aliphatic carbocycles. The fourth-order valence-corrected chi connectivity index (χ4v) is 3.20. The van der Waals surface area contributed by atoms with Crippen molar-refractivity contribution in [2.45, 2.75) is 39.2 Å². The Morgan fingerprint density at radius 1 is 1.12 bits per heavy atom. The third-order valence-corrected chi connectivity index (χ3v) is 4.84. The predicted molar refractivity (Wildman–Crippen MR) is 99.5 cm³/mol. The Kier molecular flexibility index (Phi) is 7.47. The maximum absolute atomic E-state index is 12.0. The number of pyridine rings is 1. The molecule has 138 valence electrons. The smallest absolute Gasteiger partial charge is 0.220 e. The summed E-state index contributed by atoms with van der Waals surface area (Å²) in [5.74, 6) is 0.140. The molecule has 0 spiro atoms. The normalized spacial score (nSPS) is 10.4. The van der Waals surface area contributed by atoms with E-state index >= 15 is 0 Å². The molecule has 0 aliphatic rings. The zero-order chi connectivity index (χ0) is 18.9. The minimum Gasteiger partial charge on any atom is -0.481 e. The van der Waals surface area contributed by atoms with Gasteiger partial charge in [0, 0.05) is 48.9 Å². The Labute approximate surface area is 156 Å². The first-order valence-electron chi connectivity index (χ1n) is 8.35. The van der Waals surface area contributed by atoms with Crippen molar-refractivity contribution in [3.63, 3.8) is 0 Å². The van der Waals surface area contributed by atoms with Gasteiger partial charge >= 0.3 is 0 Å². The van der Waals surface area contributed by atoms with Crippen molar-refractivity contribution < 1.29 is 19.1 Å². The number of rotatable bonds is 10. The van der Waals surface area contributed by atoms with Crippen molar-refractivity contribution in [1.29, 1.82) is 0 Å². The quantitative estimate of drug-likeness (QED) is 0.646. The Bertz CT molecular complexity index is 785. The van der Waals surface area contributed by atoms with E-state index < -0.39 is 0 Å². The van der Waals surface area contributed by atoms with Gasteiger partial charge in [0.25, 0.3) is 0 Å². The number of Topliss-reactive ketones (excluding diaryl/α,β-unsaturated/α-hetero) is 2. The maximum Gasteiger partial charge on any atom is 0.220 e. The summed E-state index contributed by atoms with van der Waals surface area (Å²) in [6.45, 7) is 2.23. The van der Waals surface area contributed by atoms with Crippen LogP contribution in [0.1, 0.15) is 45.8 Å². The van der Waals surface area contributed by atoms with E-state index in [0.29, 0.717) is 17.3 Å². The van der Waals surface area contributed by atoms with Gasteiger partial charge in [-0.25, -0.2) is 4.98 Å². The summed E-state index contributed by atoms with van der Waals surface area (Å²) in [4.78, 5) is 41.6. The molecule has 0 saturated heterocycles. The van der Waals surface area contributed by atoms with Gasteiger partial charge in [-0.3, -0.25) is 14.4 Å². The lowest BCUT2D eigenvalue weighted by Gasteiger charge is -2.08. The summed E-state index contributed by atoms with van der Waals surface area (Å²) in [7, 11) is 1.52. The molecular formula is C19H22N2O4S. The zero-order valence-electron chi connectivity index (χ0n) is 14.9. The second-order valence-corrected chi connectivity index (χ2v) is 7.11. The van der Waals surface area contributed by atoms with Crippen LogP contribution in [-0.2, 0) is 16.1 Å². The van der Waals surface area contributed by atoms with Crippen LogP contribution in [0.5, 0.6) is 5.88 Å². The van der Waals surface area contributed by atoms with Crippen LogP contribution in [0.25, 0.3) is 0 Å². The van der Waals surface area contributed by atoms with Crippen LogP contribution in [0.2, 0.25) is 0 Å². The first-order chi connectivity index (χ1) is 12.5. The third kappa shape index (κ3) is 6.07. The minimum atomic E-state index is -0.218. The molecule has 0 bridgehead atoms. The van der Waals surface area contributed by atoms with Gasteiger partial charge in [-0.2, -0.15) is 0 Å². The van der Waals surface area contributed by atoms with Crippen molar-refractivity contribution in [2.24, 2.45) is 0 Å². The average Bonchev–Trinajstić information content (AvgIpc) is 3.09. The molecule has 0 aliphatic heterocycles. The van der Waals surface area contributed by atoms with Crippen molar-refractivity contribution >= 4 is 28.8 Å². The molecule has 7 heteroatoms. The van der Waals surface area contributed by atoms with E-state index in [0.717, 1.165) is 10.4 Å². The lowest BCUT2D eigenvalue weighted by Crippen LogP contribution is -2.23. The minimum absolute atomic E-state index is 0.0235. The van der Waals surface area contributed by atoms with Crippen LogP contribution in [0.3, 0.4) is 0 Å². The second kappa shape index (κ2) is 9.82. The van der Waals surface area contributed by atoms with E-state index in [-0.39, 0.29) is 43.2 Å². The summed E-state index contributed by atoms with van der Waals surface area (Å²) in [6, 6.07) is 7.25. The Morgan fingerprint density at radius 3 is 2.58 bits per heavy atom. The molecule has 2 rings (SSSR count). The second-order valence-electron chi connectivity index (χ2n) is 5.82. The van der Waals surface area contributed by atoms with Crippen molar-refractivity contribution in [3.8, 4) is 5.88 Å². The molecule has 2 aromatic heterocycles. The van der Waals surface area contributed by atoms with Crippen LogP contribution < -0.4 is 10.1 Å². The van der Waals surface area contributed by atoms with Crippen LogP contribution in [-0.4, -0.2) is 29.6 Å². The summed E-state index contributed by atoms with van der Waals surface area (Å²) in [5.41, 5.74) is 0.770. The van der Waals surface area contributed by atoms with E-state index in [9.17, 15) is 14.4 Å². The fourth-order valence-electron chi connectivity index (χ4n) is 2.36. The summed E-state index contributed by atoms with van der Waals surface area (Å²) in [5, 5.41) is 2.75. The van der Waals surface area contributed by atoms with E-state index in [4.69, 9.17) is 4.74 Å². The van der Waals surface area contributed by atoms with Crippen molar-refractivity contribution in [1.82, 2.24) is 10.3 Å². The van der Waals surface area contributed by atoms with Gasteiger partial charge in [0.1, 0.15) is 5.78 Å². The van der Waals surface area contributed by atoms with E-state index in [1.165, 1.54) is 18.4 Å². The highest BCUT2D eigenvalue weighted by Crippen LogP contribution is 2.18. The van der Waals surface area contributed by atoms with Crippen molar-refractivity contribution in [3.05, 3.63) is 45.8 Å². The molecule has 6 nitrogen and oxygen atoms in total. The molecule has 0 saturated carbocycles. The number of nitrogens with zero attached hydrogens (tertiary/aromatic N) is 1. The molecule has 0 radical (unpaired) electrons. The van der Waals surface area contributed by atoms with Crippen LogP contribution in [0.15, 0.2) is 30.5 Å². The van der Waals surface area contributed by atoms with Gasteiger partial charge in [0.15, 0.2) is 5.78 Å². The Balaban J connectivity index is 1.68. The largest absolute Gasteiger partial charge is 0.481 e. The molecule has 0 fully saturated rings. The lowest BCUT2D eigenvalue weighted by molar-refractivity contribution is -0.125. The number of aryl methyl sites for hydroxylation is 1.